The maximum atomic E-state index is 12.7. The van der Waals surface area contributed by atoms with Gasteiger partial charge in [0, 0.05) is 14.2 Å². The summed E-state index contributed by atoms with van der Waals surface area (Å²) in [6, 6.07) is 0. The summed E-state index contributed by atoms with van der Waals surface area (Å²) in [6.07, 6.45) is -8.23. The number of imidazole rings is 2. The number of nitrogen functional groups attached to an aromatic ring is 1. The van der Waals surface area contributed by atoms with Crippen molar-refractivity contribution in [1.29, 1.82) is 0 Å². The number of hydrogen-bond donors (Lipinski definition) is 8. The lowest BCUT2D eigenvalue weighted by atomic mass is 10.1. The molecule has 2 fully saturated rings. The van der Waals surface area contributed by atoms with E-state index in [9.17, 15) is 48.2 Å². The van der Waals surface area contributed by atoms with Gasteiger partial charge in [-0.1, -0.05) is 0 Å². The molecule has 2 aliphatic rings. The van der Waals surface area contributed by atoms with Crippen molar-refractivity contribution in [1.82, 2.24) is 34.1 Å². The molecule has 27 nitrogen and oxygen atoms in total. The Kier molecular flexibility index (Phi) is 11.2. The molecule has 0 amide bonds. The molecular formula is C24H35N9O18P3+. The number of aliphatic hydroxyl groups excluding tert-OH is 2. The highest BCUT2D eigenvalue weighted by Gasteiger charge is 2.51. The molecule has 6 heterocycles. The number of phosphoric acid groups is 3. The van der Waals surface area contributed by atoms with E-state index in [0.717, 1.165) is 0 Å². The van der Waals surface area contributed by atoms with Crippen molar-refractivity contribution in [2.45, 2.75) is 56.0 Å². The van der Waals surface area contributed by atoms with E-state index in [1.165, 1.54) is 54.5 Å². The van der Waals surface area contributed by atoms with Crippen LogP contribution in [0.5, 0.6) is 0 Å². The third kappa shape index (κ3) is 7.99. The first kappa shape index (κ1) is 40.3. The van der Waals surface area contributed by atoms with Crippen LogP contribution in [0.25, 0.3) is 22.3 Å². The van der Waals surface area contributed by atoms with Gasteiger partial charge in [-0.25, -0.2) is 28.2 Å². The lowest BCUT2D eigenvalue weighted by Crippen LogP contribution is -2.35. The number of aliphatic hydroxyl groups is 2. The highest BCUT2D eigenvalue weighted by atomic mass is 31.3. The first-order valence-corrected chi connectivity index (χ1v) is 19.9. The van der Waals surface area contributed by atoms with E-state index in [-0.39, 0.29) is 34.1 Å². The van der Waals surface area contributed by atoms with Crippen LogP contribution in [-0.4, -0.2) is 123 Å². The van der Waals surface area contributed by atoms with Crippen LogP contribution in [0, 0.1) is 6.92 Å². The first-order valence-electron chi connectivity index (χ1n) is 15.4. The summed E-state index contributed by atoms with van der Waals surface area (Å²) < 4.78 is 81.7. The summed E-state index contributed by atoms with van der Waals surface area (Å²) in [7, 11) is -13.3. The minimum Gasteiger partial charge on any atom is -0.386 e. The predicted molar refractivity (Wildman–Crippen MR) is 174 cm³/mol. The third-order valence-electron chi connectivity index (χ3n) is 8.27. The second-order valence-corrected chi connectivity index (χ2v) is 16.5. The number of fused-ring (bicyclic) bond motifs is 2. The number of nitrogens with two attached hydrogens (primary N) is 1. The number of nitrogens with zero attached hydrogens (tertiary/aromatic N) is 6. The van der Waals surface area contributed by atoms with Gasteiger partial charge in [-0.05, 0) is 6.92 Å². The normalized spacial score (nSPS) is 29.4. The number of aryl methyl sites for hydroxylation is 2. The maximum Gasteiger partial charge on any atom is 0.490 e. The van der Waals surface area contributed by atoms with E-state index in [2.05, 4.69) is 33.5 Å². The molecule has 0 bridgehead atoms. The molecule has 9 N–H and O–H groups in total. The van der Waals surface area contributed by atoms with Gasteiger partial charge in [-0.15, -0.1) is 0 Å². The number of phosphoric ester groups is 2. The molecule has 4 aromatic rings. The summed E-state index contributed by atoms with van der Waals surface area (Å²) in [5.74, 6) is -0.00418. The van der Waals surface area contributed by atoms with Gasteiger partial charge in [-0.3, -0.25) is 28.2 Å². The SMILES string of the molecule is CO[C@@H]1C(O)[C@H](n2cnc3c(=O)[nH]c(C)nc32)O[C@@H]1COP(=O)(O)OP(=O)(O)OP(=O)(O)OC[C@H]1O[C@@H](n2c[n+](C)c3c(=O)[nH]c(N)nc32)C(O)[C@H]1OC. The monoisotopic (exact) mass is 830 g/mol. The van der Waals surface area contributed by atoms with E-state index >= 15 is 0 Å². The van der Waals surface area contributed by atoms with Crippen molar-refractivity contribution in [3.8, 4) is 0 Å². The standard InChI is InChI=1S/C24H34N9O18P3/c1-9-27-18-12(20(36)28-9)26-7-32(18)22-14(34)16(44-3)10(48-22)5-46-52(38,39)50-54(42,43)51-53(40,41)47-6-11-17(45-4)15(35)23(49-11)33-8-31(2)13-19(33)29-24(25)30-21(13)37/h7-8,10-11,14-17,22-23,34-35H,5-6H2,1-4H3,(H6-,25,27,28,29,30,36,37,38,39,40,41,42,43)/p+1/t10-,11-,14?,15?,16+,17+,22-,23-/m1/s1. The highest BCUT2D eigenvalue weighted by molar-refractivity contribution is 7.66. The average Bonchev–Trinajstić information content (AvgIpc) is 3.79. The minimum absolute atomic E-state index is 0.00891. The Morgan fingerprint density at radius 1 is 0.852 bits per heavy atom. The molecule has 0 spiro atoms. The van der Waals surface area contributed by atoms with Crippen molar-refractivity contribution in [2.24, 2.45) is 7.05 Å². The first-order chi connectivity index (χ1) is 25.2. The lowest BCUT2D eigenvalue weighted by Gasteiger charge is -2.22. The molecule has 2 aliphatic heterocycles. The van der Waals surface area contributed by atoms with Crippen LogP contribution in [-0.2, 0) is 57.4 Å². The van der Waals surface area contributed by atoms with Crippen LogP contribution < -0.4 is 21.4 Å². The molecule has 6 rings (SSSR count). The van der Waals surface area contributed by atoms with Crippen LogP contribution in [0.15, 0.2) is 22.2 Å². The maximum absolute atomic E-state index is 12.7. The van der Waals surface area contributed by atoms with Crippen LogP contribution in [0.1, 0.15) is 18.3 Å². The van der Waals surface area contributed by atoms with Gasteiger partial charge in [-0.2, -0.15) is 18.2 Å². The summed E-state index contributed by atoms with van der Waals surface area (Å²) in [4.78, 5) is 72.2. The Hall–Kier alpha value is -3.33. The molecule has 0 radical (unpaired) electrons. The molecule has 0 saturated carbocycles. The quantitative estimate of drug-likeness (QED) is 0.0480. The van der Waals surface area contributed by atoms with Gasteiger partial charge in [0.2, 0.25) is 18.5 Å². The highest BCUT2D eigenvalue weighted by Crippen LogP contribution is 2.68. The lowest BCUT2D eigenvalue weighted by molar-refractivity contribution is -0.646. The summed E-state index contributed by atoms with van der Waals surface area (Å²) in [5.41, 5.74) is 4.57. The van der Waals surface area contributed by atoms with Crippen molar-refractivity contribution >= 4 is 51.7 Å². The van der Waals surface area contributed by atoms with Gasteiger partial charge >= 0.3 is 29.0 Å². The summed E-state index contributed by atoms with van der Waals surface area (Å²) in [6.45, 7) is -0.331. The fourth-order valence-corrected chi connectivity index (χ4v) is 9.61. The van der Waals surface area contributed by atoms with E-state index in [0.29, 0.717) is 0 Å². The van der Waals surface area contributed by atoms with Gasteiger partial charge in [0.1, 0.15) is 42.4 Å². The Bertz CT molecular complexity index is 2310. The fourth-order valence-electron chi connectivity index (χ4n) is 6.08. The van der Waals surface area contributed by atoms with Crippen molar-refractivity contribution in [2.75, 3.05) is 33.2 Å². The third-order valence-corrected chi connectivity index (χ3v) is 12.5. The number of ether oxygens (including phenoxy) is 4. The molecule has 298 valence electrons. The number of anilines is 1. The van der Waals surface area contributed by atoms with Crippen molar-refractivity contribution < 1.29 is 79.8 Å². The molecule has 54 heavy (non-hydrogen) atoms. The van der Waals surface area contributed by atoms with Crippen LogP contribution in [0.3, 0.4) is 0 Å². The van der Waals surface area contributed by atoms with Crippen molar-refractivity contribution in [3.63, 3.8) is 0 Å². The zero-order chi connectivity index (χ0) is 39.5. The number of aromatic amines is 2. The Balaban J connectivity index is 1.07. The van der Waals surface area contributed by atoms with Crippen LogP contribution in [0.4, 0.5) is 5.95 Å². The molecule has 11 atom stereocenters. The Morgan fingerprint density at radius 2 is 1.39 bits per heavy atom. The zero-order valence-corrected chi connectivity index (χ0v) is 31.0. The summed E-state index contributed by atoms with van der Waals surface area (Å²) in [5, 5.41) is 21.8. The molecule has 2 saturated heterocycles. The van der Waals surface area contributed by atoms with E-state index in [1.54, 1.807) is 0 Å². The van der Waals surface area contributed by atoms with Gasteiger partial charge < -0.3 is 54.6 Å². The smallest absolute Gasteiger partial charge is 0.386 e. The largest absolute Gasteiger partial charge is 0.490 e. The topological polar surface area (TPSA) is 370 Å². The molecular weight excluding hydrogens is 795 g/mol. The number of H-pyrrole nitrogens is 2. The summed E-state index contributed by atoms with van der Waals surface area (Å²) >= 11 is 0. The van der Waals surface area contributed by atoms with Gasteiger partial charge in [0.15, 0.2) is 17.4 Å². The second kappa shape index (κ2) is 15.0. The zero-order valence-electron chi connectivity index (χ0n) is 28.3. The van der Waals surface area contributed by atoms with Crippen molar-refractivity contribution in [3.05, 3.63) is 39.2 Å². The van der Waals surface area contributed by atoms with Gasteiger partial charge in [0.05, 0.1) is 26.6 Å². The number of rotatable bonds is 14. The molecule has 5 unspecified atom stereocenters. The van der Waals surface area contributed by atoms with E-state index in [4.69, 9.17) is 33.7 Å². The number of aromatic nitrogens is 8. The molecule has 4 aromatic heterocycles. The van der Waals surface area contributed by atoms with E-state index in [1.807, 2.05) is 0 Å². The minimum atomic E-state index is -5.94. The van der Waals surface area contributed by atoms with Gasteiger partial charge in [0.25, 0.3) is 16.7 Å². The number of nitrogens with one attached hydrogen (secondary N) is 2. The van der Waals surface area contributed by atoms with E-state index < -0.39 is 96.9 Å². The second-order valence-electron chi connectivity index (χ2n) is 11.9. The average molecular weight is 831 g/mol. The Labute approximate surface area is 301 Å². The predicted octanol–water partition coefficient (Wildman–Crippen LogP) is -2.51. The molecule has 0 aromatic carbocycles. The fraction of sp³-hybridized carbons (Fsp3) is 0.583. The van der Waals surface area contributed by atoms with Crippen LogP contribution in [0.2, 0.25) is 0 Å². The Morgan fingerprint density at radius 3 is 1.93 bits per heavy atom. The molecule has 30 heteroatoms. The number of hydrogen-bond acceptors (Lipinski definition) is 19. The molecule has 0 aliphatic carbocycles. The van der Waals surface area contributed by atoms with Crippen LogP contribution >= 0.6 is 23.5 Å². The number of methoxy groups -OCH3 is 2.